The van der Waals surface area contributed by atoms with Gasteiger partial charge in [-0.1, -0.05) is 11.3 Å². The van der Waals surface area contributed by atoms with Gasteiger partial charge in [0.1, 0.15) is 11.5 Å². The number of amides is 2. The van der Waals surface area contributed by atoms with E-state index in [1.54, 1.807) is 16.8 Å². The fraction of sp³-hybridized carbons (Fsp3) is 0.389. The van der Waals surface area contributed by atoms with Gasteiger partial charge in [0.2, 0.25) is 0 Å². The first-order valence-electron chi connectivity index (χ1n) is 8.98. The highest BCUT2D eigenvalue weighted by Gasteiger charge is 2.32. The molecule has 3 N–H and O–H groups in total. The zero-order valence-electron chi connectivity index (χ0n) is 15.2. The van der Waals surface area contributed by atoms with E-state index in [0.29, 0.717) is 17.0 Å². The molecule has 2 amide bonds. The van der Waals surface area contributed by atoms with Gasteiger partial charge in [0.05, 0.1) is 5.52 Å². The van der Waals surface area contributed by atoms with Crippen LogP contribution in [0.4, 0.5) is 0 Å². The van der Waals surface area contributed by atoms with Crippen LogP contribution in [0, 0.1) is 13.8 Å². The number of hydrogen-bond donors (Lipinski definition) is 3. The second kappa shape index (κ2) is 6.82. The zero-order valence-corrected chi connectivity index (χ0v) is 15.2. The molecule has 0 aliphatic heterocycles. The molecule has 0 spiro atoms. The summed E-state index contributed by atoms with van der Waals surface area (Å²) in [6.07, 6.45) is 4.28. The third kappa shape index (κ3) is 3.27. The van der Waals surface area contributed by atoms with E-state index >= 15 is 0 Å². The third-order valence-corrected chi connectivity index (χ3v) is 4.91. The molecule has 9 nitrogen and oxygen atoms in total. The van der Waals surface area contributed by atoms with Crippen LogP contribution in [0.5, 0.6) is 0 Å². The Hall–Kier alpha value is -3.23. The zero-order chi connectivity index (χ0) is 19.0. The Morgan fingerprint density at radius 3 is 2.48 bits per heavy atom. The minimum Gasteiger partial charge on any atom is -0.346 e. The number of hydrogen-bond acceptors (Lipinski definition) is 5. The molecule has 9 heteroatoms. The summed E-state index contributed by atoms with van der Waals surface area (Å²) in [5.74, 6) is 0.194. The highest BCUT2D eigenvalue weighted by atomic mass is 16.2. The van der Waals surface area contributed by atoms with Crippen molar-refractivity contribution in [2.24, 2.45) is 0 Å². The topological polar surface area (TPSA) is 117 Å². The van der Waals surface area contributed by atoms with Gasteiger partial charge in [0.15, 0.2) is 5.69 Å². The Morgan fingerprint density at radius 1 is 1.11 bits per heavy atom. The number of pyridine rings is 1. The van der Waals surface area contributed by atoms with Crippen molar-refractivity contribution in [1.82, 2.24) is 35.4 Å². The van der Waals surface area contributed by atoms with Crippen molar-refractivity contribution >= 4 is 17.3 Å². The smallest absolute Gasteiger partial charge is 0.274 e. The second-order valence-corrected chi connectivity index (χ2v) is 6.86. The minimum atomic E-state index is -0.283. The minimum absolute atomic E-state index is 0.139. The quantitative estimate of drug-likeness (QED) is 0.639. The number of nitrogens with one attached hydrogen (secondary N) is 3. The molecule has 140 valence electrons. The standard InChI is InChI=1S/C18H21N7O2/c1-10-15(20-11(2)19-10)17(26)21-12-6-5-7-13(12)22-18(27)16-14-8-3-4-9-25(14)24-23-16/h3-4,8-9,12-13H,5-7H2,1-2H3,(H,19,20)(H,21,26)(H,22,27)/t12-,13-/m1/s1. The molecule has 4 rings (SSSR count). The predicted molar refractivity (Wildman–Crippen MR) is 97.4 cm³/mol. The molecule has 1 aliphatic carbocycles. The van der Waals surface area contributed by atoms with Crippen LogP contribution >= 0.6 is 0 Å². The van der Waals surface area contributed by atoms with E-state index in [0.717, 1.165) is 25.0 Å². The summed E-state index contributed by atoms with van der Waals surface area (Å²) in [6.45, 7) is 3.63. The number of carbonyl (C=O) groups is 2. The van der Waals surface area contributed by atoms with Crippen molar-refractivity contribution in [3.63, 3.8) is 0 Å². The lowest BCUT2D eigenvalue weighted by Crippen LogP contribution is -2.48. The average molecular weight is 367 g/mol. The van der Waals surface area contributed by atoms with Crippen molar-refractivity contribution < 1.29 is 9.59 Å². The number of nitrogens with zero attached hydrogens (tertiary/aromatic N) is 4. The van der Waals surface area contributed by atoms with E-state index in [-0.39, 0.29) is 29.6 Å². The van der Waals surface area contributed by atoms with Gasteiger partial charge in [-0.3, -0.25) is 9.59 Å². The van der Waals surface area contributed by atoms with E-state index < -0.39 is 0 Å². The van der Waals surface area contributed by atoms with Crippen LogP contribution in [0.25, 0.3) is 5.52 Å². The molecule has 27 heavy (non-hydrogen) atoms. The normalized spacial score (nSPS) is 19.3. The molecule has 3 aromatic heterocycles. The van der Waals surface area contributed by atoms with Crippen LogP contribution in [-0.4, -0.2) is 48.7 Å². The van der Waals surface area contributed by atoms with Gasteiger partial charge in [-0.15, -0.1) is 5.10 Å². The number of aromatic amines is 1. The summed E-state index contributed by atoms with van der Waals surface area (Å²) in [5.41, 5.74) is 2.07. The van der Waals surface area contributed by atoms with E-state index in [9.17, 15) is 9.59 Å². The number of carbonyl (C=O) groups excluding carboxylic acids is 2. The lowest BCUT2D eigenvalue weighted by molar-refractivity contribution is 0.0887. The lowest BCUT2D eigenvalue weighted by atomic mass is 10.1. The molecule has 3 heterocycles. The summed E-state index contributed by atoms with van der Waals surface area (Å²) in [4.78, 5) is 32.5. The van der Waals surface area contributed by atoms with Crippen molar-refractivity contribution in [3.05, 3.63) is 47.3 Å². The van der Waals surface area contributed by atoms with Crippen LogP contribution in [-0.2, 0) is 0 Å². The van der Waals surface area contributed by atoms with Gasteiger partial charge < -0.3 is 15.6 Å². The number of rotatable bonds is 4. The Labute approximate surface area is 155 Å². The fourth-order valence-electron chi connectivity index (χ4n) is 3.62. The van der Waals surface area contributed by atoms with Crippen LogP contribution in [0.2, 0.25) is 0 Å². The largest absolute Gasteiger partial charge is 0.346 e. The summed E-state index contributed by atoms with van der Waals surface area (Å²) < 4.78 is 1.56. The monoisotopic (exact) mass is 367 g/mol. The molecule has 0 radical (unpaired) electrons. The number of fused-ring (bicyclic) bond motifs is 1. The molecule has 3 aromatic rings. The summed E-state index contributed by atoms with van der Waals surface area (Å²) >= 11 is 0. The summed E-state index contributed by atoms with van der Waals surface area (Å²) in [7, 11) is 0. The first-order valence-corrected chi connectivity index (χ1v) is 8.98. The summed E-state index contributed by atoms with van der Waals surface area (Å²) in [6, 6.07) is 5.17. The van der Waals surface area contributed by atoms with Crippen molar-refractivity contribution in [1.29, 1.82) is 0 Å². The van der Waals surface area contributed by atoms with Gasteiger partial charge in [0.25, 0.3) is 11.8 Å². The average Bonchev–Trinajstić information content (AvgIpc) is 3.34. The van der Waals surface area contributed by atoms with E-state index in [1.807, 2.05) is 26.0 Å². The highest BCUT2D eigenvalue weighted by Crippen LogP contribution is 2.21. The molecule has 1 saturated carbocycles. The Bertz CT molecular complexity index is 1010. The van der Waals surface area contributed by atoms with Crippen LogP contribution < -0.4 is 10.6 Å². The van der Waals surface area contributed by atoms with Crippen molar-refractivity contribution in [2.45, 2.75) is 45.2 Å². The van der Waals surface area contributed by atoms with Crippen molar-refractivity contribution in [2.75, 3.05) is 0 Å². The fourth-order valence-corrected chi connectivity index (χ4v) is 3.62. The van der Waals surface area contributed by atoms with Crippen LogP contribution in [0.3, 0.4) is 0 Å². The molecular formula is C18H21N7O2. The van der Waals surface area contributed by atoms with Gasteiger partial charge in [-0.25, -0.2) is 9.50 Å². The Balaban J connectivity index is 1.46. The van der Waals surface area contributed by atoms with Crippen molar-refractivity contribution in [3.8, 4) is 0 Å². The van der Waals surface area contributed by atoms with E-state index in [4.69, 9.17) is 0 Å². The number of imidazole rings is 1. The first-order chi connectivity index (χ1) is 13.0. The van der Waals surface area contributed by atoms with Crippen LogP contribution in [0.1, 0.15) is 51.8 Å². The molecule has 0 aromatic carbocycles. The maximum atomic E-state index is 12.7. The summed E-state index contributed by atoms with van der Waals surface area (Å²) in [5, 5.41) is 14.0. The van der Waals surface area contributed by atoms with Gasteiger partial charge >= 0.3 is 0 Å². The Kier molecular flexibility index (Phi) is 4.35. The van der Waals surface area contributed by atoms with Gasteiger partial charge in [-0.05, 0) is 45.2 Å². The maximum Gasteiger partial charge on any atom is 0.274 e. The lowest BCUT2D eigenvalue weighted by Gasteiger charge is -2.21. The second-order valence-electron chi connectivity index (χ2n) is 6.86. The third-order valence-electron chi connectivity index (χ3n) is 4.91. The first kappa shape index (κ1) is 17.2. The van der Waals surface area contributed by atoms with Gasteiger partial charge in [0, 0.05) is 24.0 Å². The highest BCUT2D eigenvalue weighted by molar-refractivity contribution is 5.99. The molecule has 1 fully saturated rings. The van der Waals surface area contributed by atoms with E-state index in [2.05, 4.69) is 30.9 Å². The van der Waals surface area contributed by atoms with E-state index in [1.165, 1.54) is 0 Å². The molecule has 0 unspecified atom stereocenters. The van der Waals surface area contributed by atoms with Crippen LogP contribution in [0.15, 0.2) is 24.4 Å². The maximum absolute atomic E-state index is 12.7. The Morgan fingerprint density at radius 2 is 1.81 bits per heavy atom. The number of H-pyrrole nitrogens is 1. The molecular weight excluding hydrogens is 346 g/mol. The SMILES string of the molecule is Cc1nc(C(=O)N[C@@H]2CCC[C@H]2NC(=O)c2nnn3ccccc23)c(C)[nH]1. The van der Waals surface area contributed by atoms with Gasteiger partial charge in [-0.2, -0.15) is 0 Å². The predicted octanol–water partition coefficient (Wildman–Crippen LogP) is 1.15. The molecule has 0 bridgehead atoms. The number of aromatic nitrogens is 5. The molecule has 0 saturated heterocycles. The number of aryl methyl sites for hydroxylation is 2. The molecule has 2 atom stereocenters. The molecule has 1 aliphatic rings.